The molecule has 206 valence electrons. The number of alkyl halides is 2. The predicted molar refractivity (Wildman–Crippen MR) is 146 cm³/mol. The van der Waals surface area contributed by atoms with Gasteiger partial charge in [0.1, 0.15) is 17.9 Å². The number of carbonyl (C=O) groups is 3. The number of nitrogens with zero attached hydrogens (tertiary/aromatic N) is 2. The Morgan fingerprint density at radius 3 is 2.39 bits per heavy atom. The first-order chi connectivity index (χ1) is 18.2. The number of benzene rings is 2. The largest absolute Gasteiger partial charge is 0.480 e. The van der Waals surface area contributed by atoms with E-state index < -0.39 is 41.7 Å². The Labute approximate surface area is 231 Å². The van der Waals surface area contributed by atoms with Crippen LogP contribution in [0.3, 0.4) is 0 Å². The van der Waals surface area contributed by atoms with E-state index in [1.807, 2.05) is 29.2 Å². The third kappa shape index (κ3) is 8.06. The van der Waals surface area contributed by atoms with Gasteiger partial charge in [0, 0.05) is 43.5 Å². The summed E-state index contributed by atoms with van der Waals surface area (Å²) in [6.07, 6.45) is 1.21. The van der Waals surface area contributed by atoms with Crippen molar-refractivity contribution in [2.75, 3.05) is 36.3 Å². The zero-order chi connectivity index (χ0) is 27.7. The molecule has 3 atom stereocenters. The van der Waals surface area contributed by atoms with E-state index in [0.29, 0.717) is 49.8 Å². The second kappa shape index (κ2) is 14.3. The summed E-state index contributed by atoms with van der Waals surface area (Å²) >= 11 is 11.9. The fourth-order valence-electron chi connectivity index (χ4n) is 4.62. The zero-order valence-corrected chi connectivity index (χ0v) is 22.5. The van der Waals surface area contributed by atoms with Gasteiger partial charge < -0.3 is 26.0 Å². The molecule has 0 saturated carbocycles. The number of aliphatic carboxylic acids is 1. The van der Waals surface area contributed by atoms with E-state index in [9.17, 15) is 23.9 Å². The molecule has 8 nitrogen and oxygen atoms in total. The average Bonchev–Trinajstić information content (AvgIpc) is 3.40. The number of rotatable bonds is 13. The summed E-state index contributed by atoms with van der Waals surface area (Å²) < 4.78 is 13.2. The number of carboxylic acids is 1. The first kappa shape index (κ1) is 29.7. The van der Waals surface area contributed by atoms with Gasteiger partial charge in [-0.3, -0.25) is 9.59 Å². The lowest BCUT2D eigenvalue weighted by atomic mass is 10.0. The van der Waals surface area contributed by atoms with Crippen LogP contribution in [-0.2, 0) is 27.2 Å². The molecule has 11 heteroatoms. The highest BCUT2D eigenvalue weighted by molar-refractivity contribution is 6.18. The maximum Gasteiger partial charge on any atom is 0.326 e. The molecule has 0 aliphatic carbocycles. The SMILES string of the molecule is N[C@@H](Cc1ccc(F)cc1)C(=O)N[C@@H](Cc1cccc(N(CCCl)CCCl)c1)C(=O)N1CCC[C@H]1C(=O)O. The van der Waals surface area contributed by atoms with Crippen LogP contribution in [0, 0.1) is 5.82 Å². The number of carbonyl (C=O) groups excluding carboxylic acids is 2. The van der Waals surface area contributed by atoms with Gasteiger partial charge in [-0.1, -0.05) is 24.3 Å². The number of hydrogen-bond donors (Lipinski definition) is 3. The van der Waals surface area contributed by atoms with Crippen molar-refractivity contribution < 1.29 is 23.9 Å². The summed E-state index contributed by atoms with van der Waals surface area (Å²) in [7, 11) is 0. The molecule has 2 amide bonds. The Hall–Kier alpha value is -2.88. The number of amides is 2. The quantitative estimate of drug-likeness (QED) is 0.321. The minimum atomic E-state index is -1.08. The van der Waals surface area contributed by atoms with Crippen LogP contribution in [0.4, 0.5) is 10.1 Å². The average molecular weight is 567 g/mol. The second-order valence-corrected chi connectivity index (χ2v) is 10.0. The number of nitrogens with two attached hydrogens (primary N) is 1. The molecule has 38 heavy (non-hydrogen) atoms. The van der Waals surface area contributed by atoms with Crippen LogP contribution in [0.25, 0.3) is 0 Å². The van der Waals surface area contributed by atoms with Crippen LogP contribution in [0.1, 0.15) is 24.0 Å². The third-order valence-electron chi connectivity index (χ3n) is 6.57. The van der Waals surface area contributed by atoms with Crippen LogP contribution in [0.15, 0.2) is 48.5 Å². The maximum atomic E-state index is 13.6. The van der Waals surface area contributed by atoms with Gasteiger partial charge in [0.25, 0.3) is 0 Å². The monoisotopic (exact) mass is 566 g/mol. The summed E-state index contributed by atoms with van der Waals surface area (Å²) in [5.74, 6) is -1.67. The molecule has 3 rings (SSSR count). The van der Waals surface area contributed by atoms with Crippen molar-refractivity contribution >= 4 is 46.7 Å². The topological polar surface area (TPSA) is 116 Å². The summed E-state index contributed by atoms with van der Waals surface area (Å²) in [6.45, 7) is 1.47. The third-order valence-corrected chi connectivity index (χ3v) is 6.90. The van der Waals surface area contributed by atoms with E-state index in [2.05, 4.69) is 5.32 Å². The van der Waals surface area contributed by atoms with Gasteiger partial charge in [-0.05, 0) is 54.7 Å². The molecule has 1 fully saturated rings. The standard InChI is InChI=1S/C27H33Cl2FN4O4/c28-10-13-33(14-11-29)21-4-1-3-19(15-21)17-23(26(36)34-12-2-5-24(34)27(37)38)32-25(35)22(31)16-18-6-8-20(30)9-7-18/h1,3-4,6-9,15,22-24H,2,5,10-14,16-17,31H2,(H,32,35)(H,37,38)/t22-,23-,24-/m0/s1. The molecule has 0 unspecified atom stereocenters. The smallest absolute Gasteiger partial charge is 0.326 e. The van der Waals surface area contributed by atoms with E-state index >= 15 is 0 Å². The van der Waals surface area contributed by atoms with Gasteiger partial charge in [0.05, 0.1) is 6.04 Å². The first-order valence-corrected chi connectivity index (χ1v) is 13.6. The molecule has 2 aromatic carbocycles. The normalized spacial score (nSPS) is 16.6. The van der Waals surface area contributed by atoms with Crippen molar-refractivity contribution in [3.63, 3.8) is 0 Å². The zero-order valence-electron chi connectivity index (χ0n) is 21.0. The van der Waals surface area contributed by atoms with Gasteiger partial charge in [-0.15, -0.1) is 23.2 Å². The summed E-state index contributed by atoms with van der Waals surface area (Å²) in [4.78, 5) is 41.7. The molecule has 2 aromatic rings. The van der Waals surface area contributed by atoms with Crippen LogP contribution < -0.4 is 16.0 Å². The van der Waals surface area contributed by atoms with Gasteiger partial charge in [-0.2, -0.15) is 0 Å². The Morgan fingerprint density at radius 1 is 1.08 bits per heavy atom. The number of carboxylic acid groups (broad SMARTS) is 1. The van der Waals surface area contributed by atoms with E-state index in [1.165, 1.54) is 17.0 Å². The number of likely N-dealkylation sites (tertiary alicyclic amines) is 1. The molecule has 1 heterocycles. The molecule has 1 aliphatic rings. The maximum absolute atomic E-state index is 13.6. The number of nitrogens with one attached hydrogen (secondary N) is 1. The number of halogens is 3. The molecular weight excluding hydrogens is 534 g/mol. The lowest BCUT2D eigenvalue weighted by Gasteiger charge is -2.29. The molecule has 0 bridgehead atoms. The predicted octanol–water partition coefficient (Wildman–Crippen LogP) is 2.78. The van der Waals surface area contributed by atoms with E-state index in [-0.39, 0.29) is 12.8 Å². The first-order valence-electron chi connectivity index (χ1n) is 12.5. The molecule has 0 radical (unpaired) electrons. The van der Waals surface area contributed by atoms with Crippen molar-refractivity contribution in [3.8, 4) is 0 Å². The van der Waals surface area contributed by atoms with Gasteiger partial charge in [0.2, 0.25) is 11.8 Å². The van der Waals surface area contributed by atoms with Crippen LogP contribution in [-0.4, -0.2) is 77.3 Å². The lowest BCUT2D eigenvalue weighted by Crippen LogP contribution is -2.55. The van der Waals surface area contributed by atoms with Crippen molar-refractivity contribution in [1.29, 1.82) is 0 Å². The van der Waals surface area contributed by atoms with Gasteiger partial charge in [0.15, 0.2) is 0 Å². The Balaban J connectivity index is 1.82. The summed E-state index contributed by atoms with van der Waals surface area (Å²) in [6, 6.07) is 10.2. The second-order valence-electron chi connectivity index (χ2n) is 9.27. The Morgan fingerprint density at radius 2 is 1.76 bits per heavy atom. The molecule has 0 aromatic heterocycles. The minimum Gasteiger partial charge on any atom is -0.480 e. The molecule has 1 saturated heterocycles. The van der Waals surface area contributed by atoms with E-state index in [4.69, 9.17) is 28.9 Å². The molecular formula is C27H33Cl2FN4O4. The molecule has 0 spiro atoms. The van der Waals surface area contributed by atoms with Crippen LogP contribution in [0.5, 0.6) is 0 Å². The van der Waals surface area contributed by atoms with Gasteiger partial charge >= 0.3 is 5.97 Å². The van der Waals surface area contributed by atoms with Crippen molar-refractivity contribution in [3.05, 3.63) is 65.5 Å². The van der Waals surface area contributed by atoms with E-state index in [0.717, 1.165) is 11.3 Å². The number of hydrogen-bond acceptors (Lipinski definition) is 5. The highest BCUT2D eigenvalue weighted by Crippen LogP contribution is 2.22. The highest BCUT2D eigenvalue weighted by Gasteiger charge is 2.38. The number of anilines is 1. The minimum absolute atomic E-state index is 0.139. The van der Waals surface area contributed by atoms with Gasteiger partial charge in [-0.25, -0.2) is 9.18 Å². The fraction of sp³-hybridized carbons (Fsp3) is 0.444. The fourth-order valence-corrected chi connectivity index (χ4v) is 5.03. The van der Waals surface area contributed by atoms with Crippen LogP contribution in [0.2, 0.25) is 0 Å². The highest BCUT2D eigenvalue weighted by atomic mass is 35.5. The lowest BCUT2D eigenvalue weighted by molar-refractivity contribution is -0.149. The van der Waals surface area contributed by atoms with E-state index in [1.54, 1.807) is 12.1 Å². The summed E-state index contributed by atoms with van der Waals surface area (Å²) in [5.41, 5.74) is 8.45. The summed E-state index contributed by atoms with van der Waals surface area (Å²) in [5, 5.41) is 12.4. The Kier molecular flexibility index (Phi) is 11.2. The van der Waals surface area contributed by atoms with Crippen molar-refractivity contribution in [2.24, 2.45) is 5.73 Å². The molecule has 4 N–H and O–H groups in total. The van der Waals surface area contributed by atoms with Crippen LogP contribution >= 0.6 is 23.2 Å². The van der Waals surface area contributed by atoms with Crippen molar-refractivity contribution in [2.45, 2.75) is 43.8 Å². The van der Waals surface area contributed by atoms with Crippen molar-refractivity contribution in [1.82, 2.24) is 10.2 Å². The Bertz CT molecular complexity index is 1100. The molecule has 1 aliphatic heterocycles.